The van der Waals surface area contributed by atoms with Gasteiger partial charge in [-0.2, -0.15) is 18.4 Å². The summed E-state index contributed by atoms with van der Waals surface area (Å²) in [6.45, 7) is 1.46. The van der Waals surface area contributed by atoms with Gasteiger partial charge in [-0.15, -0.1) is 0 Å². The molecule has 25 heavy (non-hydrogen) atoms. The van der Waals surface area contributed by atoms with Gasteiger partial charge < -0.3 is 20.5 Å². The highest BCUT2D eigenvalue weighted by Gasteiger charge is 2.40. The zero-order chi connectivity index (χ0) is 18.8. The van der Waals surface area contributed by atoms with Crippen LogP contribution in [0.2, 0.25) is 0 Å². The van der Waals surface area contributed by atoms with Crippen molar-refractivity contribution < 1.29 is 27.4 Å². The lowest BCUT2D eigenvalue weighted by molar-refractivity contribution is -0.138. The number of halogens is 3. The second-order valence-electron chi connectivity index (χ2n) is 5.13. The Kier molecular flexibility index (Phi) is 4.92. The molecule has 0 amide bonds. The summed E-state index contributed by atoms with van der Waals surface area (Å²) in [5.41, 5.74) is 4.54. The molecule has 3 N–H and O–H groups in total. The average molecular weight is 353 g/mol. The molecule has 0 saturated heterocycles. The molecule has 0 radical (unpaired) electrons. The molecule has 1 aliphatic rings. The molecule has 1 aromatic rings. The molecular formula is C16H14F3N3O3. The Morgan fingerprint density at radius 3 is 2.56 bits per heavy atom. The smallest absolute Gasteiger partial charge is 0.437 e. The van der Waals surface area contributed by atoms with E-state index in [1.54, 1.807) is 6.07 Å². The van der Waals surface area contributed by atoms with Crippen molar-refractivity contribution in [3.05, 3.63) is 58.2 Å². The van der Waals surface area contributed by atoms with Crippen molar-refractivity contribution in [3.63, 3.8) is 0 Å². The molecule has 0 saturated carbocycles. The second kappa shape index (κ2) is 6.76. The fourth-order valence-electron chi connectivity index (χ4n) is 2.53. The highest BCUT2D eigenvalue weighted by Crippen LogP contribution is 2.43. The first-order valence-electron chi connectivity index (χ1n) is 7.00. The normalized spacial score (nSPS) is 17.7. The molecule has 0 aromatic heterocycles. The average Bonchev–Trinajstić information content (AvgIpc) is 2.55. The van der Waals surface area contributed by atoms with Crippen LogP contribution in [0.3, 0.4) is 0 Å². The summed E-state index contributed by atoms with van der Waals surface area (Å²) in [7, 11) is 1.06. The van der Waals surface area contributed by atoms with Crippen LogP contribution < -0.4 is 11.1 Å². The fraction of sp³-hybridized carbons (Fsp3) is 0.250. The van der Waals surface area contributed by atoms with Crippen molar-refractivity contribution in [1.82, 2.24) is 5.32 Å². The van der Waals surface area contributed by atoms with E-state index in [0.29, 0.717) is 0 Å². The molecule has 9 heteroatoms. The quantitative estimate of drug-likeness (QED) is 0.793. The summed E-state index contributed by atoms with van der Waals surface area (Å²) >= 11 is 0. The first-order chi connectivity index (χ1) is 11.7. The fourth-order valence-corrected chi connectivity index (χ4v) is 2.53. The van der Waals surface area contributed by atoms with E-state index in [1.807, 2.05) is 0 Å². The molecule has 1 unspecified atom stereocenters. The minimum absolute atomic E-state index is 0.112. The number of rotatable bonds is 2. The number of nitrogens with one attached hydrogen (secondary N) is 1. The molecule has 6 nitrogen and oxygen atoms in total. The summed E-state index contributed by atoms with van der Waals surface area (Å²) in [6.07, 6.45) is -5.79. The maximum atomic E-state index is 13.4. The summed E-state index contributed by atoms with van der Waals surface area (Å²) in [5.74, 6) is -1.60. The van der Waals surface area contributed by atoms with E-state index >= 15 is 0 Å². The summed E-state index contributed by atoms with van der Waals surface area (Å²) in [4.78, 5) is 11.5. The predicted molar refractivity (Wildman–Crippen MR) is 80.3 cm³/mol. The van der Waals surface area contributed by atoms with Crippen LogP contribution >= 0.6 is 0 Å². The molecule has 1 atom stereocenters. The van der Waals surface area contributed by atoms with Crippen LogP contribution in [0, 0.1) is 11.3 Å². The third-order valence-electron chi connectivity index (χ3n) is 3.59. The van der Waals surface area contributed by atoms with Crippen LogP contribution in [0.25, 0.3) is 0 Å². The number of nitrogens with two attached hydrogens (primary N) is 1. The molecule has 0 bridgehead atoms. The number of ether oxygens (including phenoxy) is 2. The Hall–Kier alpha value is -3.15. The molecule has 0 fully saturated rings. The number of nitrogens with zero attached hydrogens (tertiary/aromatic N) is 1. The van der Waals surface area contributed by atoms with Crippen LogP contribution in [-0.4, -0.2) is 13.3 Å². The van der Waals surface area contributed by atoms with Gasteiger partial charge in [0.15, 0.2) is 0 Å². The van der Waals surface area contributed by atoms with Gasteiger partial charge in [0.2, 0.25) is 0 Å². The van der Waals surface area contributed by atoms with Crippen molar-refractivity contribution in [3.8, 4) is 6.07 Å². The lowest BCUT2D eigenvalue weighted by Gasteiger charge is -2.29. The maximum Gasteiger partial charge on any atom is 0.513 e. The molecule has 1 aliphatic heterocycles. The first-order valence-corrected chi connectivity index (χ1v) is 7.00. The number of dihydropyridines is 1. The number of carbonyl (C=O) groups excluding carboxylic acids is 1. The highest BCUT2D eigenvalue weighted by atomic mass is 19.4. The summed E-state index contributed by atoms with van der Waals surface area (Å²) < 4.78 is 49.6. The monoisotopic (exact) mass is 353 g/mol. The van der Waals surface area contributed by atoms with Gasteiger partial charge >= 0.3 is 12.3 Å². The second-order valence-corrected chi connectivity index (χ2v) is 5.13. The zero-order valence-corrected chi connectivity index (χ0v) is 13.3. The van der Waals surface area contributed by atoms with Crippen molar-refractivity contribution in [2.75, 3.05) is 7.11 Å². The first kappa shape index (κ1) is 18.2. The standard InChI is InChI=1S/C16H14F3N3O3/c1-8-13(25-15(23)24-2)12(10(7-20)14(21)22-8)9-5-3-4-6-11(9)16(17,18)19/h3-6,12,22H,21H2,1-2H3. The van der Waals surface area contributed by atoms with E-state index in [9.17, 15) is 23.2 Å². The molecule has 1 heterocycles. The van der Waals surface area contributed by atoms with Crippen LogP contribution in [-0.2, 0) is 15.7 Å². The molecular weight excluding hydrogens is 339 g/mol. The highest BCUT2D eigenvalue weighted by molar-refractivity contribution is 5.63. The third-order valence-corrected chi connectivity index (χ3v) is 3.59. The Balaban J connectivity index is 2.70. The van der Waals surface area contributed by atoms with E-state index in [0.717, 1.165) is 13.2 Å². The van der Waals surface area contributed by atoms with Gasteiger partial charge in [-0.05, 0) is 18.6 Å². The Labute approximate surface area is 141 Å². The number of hydrogen-bond donors (Lipinski definition) is 2. The van der Waals surface area contributed by atoms with E-state index < -0.39 is 23.8 Å². The van der Waals surface area contributed by atoms with Crippen molar-refractivity contribution in [1.29, 1.82) is 5.26 Å². The number of methoxy groups -OCH3 is 1. The third kappa shape index (κ3) is 3.52. The predicted octanol–water partition coefficient (Wildman–Crippen LogP) is 3.10. The van der Waals surface area contributed by atoms with Gasteiger partial charge in [0, 0.05) is 0 Å². The van der Waals surface area contributed by atoms with E-state index in [2.05, 4.69) is 10.1 Å². The van der Waals surface area contributed by atoms with Crippen LogP contribution in [0.15, 0.2) is 47.1 Å². The van der Waals surface area contributed by atoms with E-state index in [1.165, 1.54) is 25.1 Å². The van der Waals surface area contributed by atoms with Gasteiger partial charge in [0.25, 0.3) is 0 Å². The minimum atomic E-state index is -4.67. The lowest BCUT2D eigenvalue weighted by Crippen LogP contribution is -2.32. The van der Waals surface area contributed by atoms with Crippen LogP contribution in [0.5, 0.6) is 0 Å². The number of hydrogen-bond acceptors (Lipinski definition) is 6. The SMILES string of the molecule is COC(=O)OC1=C(C)NC(N)=C(C#N)C1c1ccccc1C(F)(F)F. The van der Waals surface area contributed by atoms with E-state index in [-0.39, 0.29) is 28.4 Å². The van der Waals surface area contributed by atoms with E-state index in [4.69, 9.17) is 10.5 Å². The number of carbonyl (C=O) groups is 1. The number of benzene rings is 1. The summed E-state index contributed by atoms with van der Waals surface area (Å²) in [6, 6.07) is 6.49. The number of nitriles is 1. The zero-order valence-electron chi connectivity index (χ0n) is 13.3. The van der Waals surface area contributed by atoms with Crippen molar-refractivity contribution in [2.45, 2.75) is 19.0 Å². The van der Waals surface area contributed by atoms with Crippen LogP contribution in [0.4, 0.5) is 18.0 Å². The Morgan fingerprint density at radius 2 is 2.00 bits per heavy atom. The van der Waals surface area contributed by atoms with Gasteiger partial charge in [-0.25, -0.2) is 4.79 Å². The van der Waals surface area contributed by atoms with Gasteiger partial charge in [0.1, 0.15) is 11.6 Å². The lowest BCUT2D eigenvalue weighted by atomic mass is 9.84. The maximum absolute atomic E-state index is 13.4. The van der Waals surface area contributed by atoms with Gasteiger partial charge in [0.05, 0.1) is 35.9 Å². The molecule has 0 aliphatic carbocycles. The van der Waals surface area contributed by atoms with Crippen molar-refractivity contribution in [2.24, 2.45) is 5.73 Å². The topological polar surface area (TPSA) is 97.4 Å². The number of alkyl halides is 3. The summed E-state index contributed by atoms with van der Waals surface area (Å²) in [5, 5.41) is 12.0. The molecule has 1 aromatic carbocycles. The van der Waals surface area contributed by atoms with Crippen molar-refractivity contribution >= 4 is 6.16 Å². The molecule has 0 spiro atoms. The number of allylic oxidation sites excluding steroid dienone is 2. The minimum Gasteiger partial charge on any atom is -0.437 e. The van der Waals surface area contributed by atoms with Gasteiger partial charge in [-0.3, -0.25) is 0 Å². The van der Waals surface area contributed by atoms with Gasteiger partial charge in [-0.1, -0.05) is 18.2 Å². The Bertz CT molecular complexity index is 807. The Morgan fingerprint density at radius 1 is 1.36 bits per heavy atom. The van der Waals surface area contributed by atoms with Crippen LogP contribution in [0.1, 0.15) is 24.0 Å². The molecule has 132 valence electrons. The largest absolute Gasteiger partial charge is 0.513 e. The molecule has 2 rings (SSSR count).